The van der Waals surface area contributed by atoms with Crippen LogP contribution in [-0.4, -0.2) is 51.3 Å². The fourth-order valence-corrected chi connectivity index (χ4v) is 2.33. The average molecular weight is 345 g/mol. The van der Waals surface area contributed by atoms with E-state index < -0.39 is 0 Å². The minimum absolute atomic E-state index is 0. The van der Waals surface area contributed by atoms with Crippen LogP contribution in [0.3, 0.4) is 0 Å². The van der Waals surface area contributed by atoms with Crippen molar-refractivity contribution in [3.05, 3.63) is 28.7 Å². The molecular weight excluding hydrogens is 316 g/mol. The largest absolute Gasteiger partial charge is 0.382 e. The second-order valence-corrected chi connectivity index (χ2v) is 5.47. The number of hydrogen-bond acceptors (Lipinski definition) is 3. The van der Waals surface area contributed by atoms with E-state index in [1.807, 2.05) is 13.8 Å². The maximum absolute atomic E-state index is 4.83. The van der Waals surface area contributed by atoms with Crippen molar-refractivity contribution in [2.45, 2.75) is 21.3 Å². The summed E-state index contributed by atoms with van der Waals surface area (Å²) in [7, 11) is 2.18. The van der Waals surface area contributed by atoms with Crippen molar-refractivity contribution < 1.29 is 4.74 Å². The van der Waals surface area contributed by atoms with Crippen molar-refractivity contribution in [3.8, 4) is 0 Å². The van der Waals surface area contributed by atoms with E-state index in [0.29, 0.717) is 0 Å². The molecule has 1 aliphatic rings. The standard InChI is InChI=1S/C11H15BrN2.C4H10O.CH4/c1-13-5-7-14(8-6-13)11-4-2-3-10(12)9-11;1-3-5-4-2;/h2-4,9H,5-8H2,1H3;3-4H2,1-2H3;1H4. The van der Waals surface area contributed by atoms with Crippen LogP contribution in [0.15, 0.2) is 28.7 Å². The van der Waals surface area contributed by atoms with E-state index in [4.69, 9.17) is 4.74 Å². The molecule has 116 valence electrons. The topological polar surface area (TPSA) is 15.7 Å². The minimum atomic E-state index is 0. The van der Waals surface area contributed by atoms with Gasteiger partial charge in [-0.05, 0) is 39.1 Å². The third-order valence-electron chi connectivity index (χ3n) is 3.08. The summed E-state index contributed by atoms with van der Waals surface area (Å²) in [5.41, 5.74) is 1.33. The van der Waals surface area contributed by atoms with Gasteiger partial charge in [0, 0.05) is 49.6 Å². The summed E-state index contributed by atoms with van der Waals surface area (Å²) in [5, 5.41) is 0. The number of piperazine rings is 1. The Morgan fingerprint density at radius 3 is 2.15 bits per heavy atom. The molecule has 20 heavy (non-hydrogen) atoms. The fourth-order valence-electron chi connectivity index (χ4n) is 1.94. The molecule has 0 unspecified atom stereocenters. The zero-order valence-electron chi connectivity index (χ0n) is 12.2. The molecule has 0 saturated carbocycles. The van der Waals surface area contributed by atoms with Gasteiger partial charge in [-0.1, -0.05) is 29.4 Å². The van der Waals surface area contributed by atoms with Crippen molar-refractivity contribution >= 4 is 21.6 Å². The molecule has 0 aromatic heterocycles. The van der Waals surface area contributed by atoms with Crippen LogP contribution < -0.4 is 4.90 Å². The highest BCUT2D eigenvalue weighted by molar-refractivity contribution is 9.10. The number of benzene rings is 1. The van der Waals surface area contributed by atoms with Crippen LogP contribution in [0.1, 0.15) is 21.3 Å². The summed E-state index contributed by atoms with van der Waals surface area (Å²) in [6.07, 6.45) is 0. The Labute approximate surface area is 133 Å². The third-order valence-corrected chi connectivity index (χ3v) is 3.58. The van der Waals surface area contributed by atoms with E-state index in [1.165, 1.54) is 5.69 Å². The first kappa shape index (κ1) is 19.4. The van der Waals surface area contributed by atoms with Gasteiger partial charge in [0.1, 0.15) is 0 Å². The van der Waals surface area contributed by atoms with E-state index >= 15 is 0 Å². The molecule has 1 saturated heterocycles. The van der Waals surface area contributed by atoms with E-state index in [9.17, 15) is 0 Å². The minimum Gasteiger partial charge on any atom is -0.382 e. The summed E-state index contributed by atoms with van der Waals surface area (Å²) < 4.78 is 5.99. The Morgan fingerprint density at radius 2 is 1.70 bits per heavy atom. The number of nitrogens with zero attached hydrogens (tertiary/aromatic N) is 2. The molecule has 1 aliphatic heterocycles. The molecule has 0 aliphatic carbocycles. The van der Waals surface area contributed by atoms with Gasteiger partial charge in [0.25, 0.3) is 0 Å². The summed E-state index contributed by atoms with van der Waals surface area (Å²) in [4.78, 5) is 4.80. The number of anilines is 1. The smallest absolute Gasteiger partial charge is 0.0437 e. The highest BCUT2D eigenvalue weighted by atomic mass is 79.9. The van der Waals surface area contributed by atoms with E-state index in [-0.39, 0.29) is 7.43 Å². The Kier molecular flexibility index (Phi) is 10.8. The molecule has 0 spiro atoms. The molecule has 0 bridgehead atoms. The van der Waals surface area contributed by atoms with Gasteiger partial charge in [0.15, 0.2) is 0 Å². The zero-order chi connectivity index (χ0) is 14.1. The predicted octanol–water partition coefficient (Wildman–Crippen LogP) is 3.88. The van der Waals surface area contributed by atoms with E-state index in [0.717, 1.165) is 43.9 Å². The predicted molar refractivity (Wildman–Crippen MR) is 92.8 cm³/mol. The quantitative estimate of drug-likeness (QED) is 0.827. The number of likely N-dealkylation sites (N-methyl/N-ethyl adjacent to an activating group) is 1. The van der Waals surface area contributed by atoms with Crippen molar-refractivity contribution in [2.24, 2.45) is 0 Å². The van der Waals surface area contributed by atoms with Crippen LogP contribution in [0, 0.1) is 0 Å². The van der Waals surface area contributed by atoms with Gasteiger partial charge in [0.05, 0.1) is 0 Å². The molecule has 1 aromatic carbocycles. The Hall–Kier alpha value is -0.580. The third kappa shape index (κ3) is 7.27. The summed E-state index contributed by atoms with van der Waals surface area (Å²) in [6, 6.07) is 8.53. The molecule has 1 fully saturated rings. The summed E-state index contributed by atoms with van der Waals surface area (Å²) in [6.45, 7) is 10.2. The Bertz CT molecular complexity index is 350. The Morgan fingerprint density at radius 1 is 1.10 bits per heavy atom. The maximum Gasteiger partial charge on any atom is 0.0437 e. The van der Waals surface area contributed by atoms with Crippen LogP contribution in [0.25, 0.3) is 0 Å². The summed E-state index contributed by atoms with van der Waals surface area (Å²) >= 11 is 3.50. The van der Waals surface area contributed by atoms with Crippen LogP contribution in [0.5, 0.6) is 0 Å². The van der Waals surface area contributed by atoms with Crippen LogP contribution in [-0.2, 0) is 4.74 Å². The monoisotopic (exact) mass is 344 g/mol. The van der Waals surface area contributed by atoms with Crippen molar-refractivity contribution in [1.29, 1.82) is 0 Å². The Balaban J connectivity index is 0.000000526. The molecular formula is C16H29BrN2O. The van der Waals surface area contributed by atoms with Gasteiger partial charge in [-0.3, -0.25) is 0 Å². The highest BCUT2D eigenvalue weighted by Gasteiger charge is 2.13. The first-order valence-corrected chi connectivity index (χ1v) is 7.73. The molecule has 0 N–H and O–H groups in total. The lowest BCUT2D eigenvalue weighted by atomic mass is 10.2. The molecule has 1 aromatic rings. The van der Waals surface area contributed by atoms with Gasteiger partial charge in [-0.2, -0.15) is 0 Å². The molecule has 0 atom stereocenters. The molecule has 0 radical (unpaired) electrons. The second-order valence-electron chi connectivity index (χ2n) is 4.55. The lowest BCUT2D eigenvalue weighted by molar-refractivity contribution is 0.162. The molecule has 0 amide bonds. The molecule has 1 heterocycles. The van der Waals surface area contributed by atoms with Gasteiger partial charge >= 0.3 is 0 Å². The van der Waals surface area contributed by atoms with Crippen molar-refractivity contribution in [1.82, 2.24) is 4.90 Å². The lowest BCUT2D eigenvalue weighted by Gasteiger charge is -2.34. The van der Waals surface area contributed by atoms with E-state index in [1.54, 1.807) is 0 Å². The zero-order valence-corrected chi connectivity index (χ0v) is 13.8. The average Bonchev–Trinajstić information content (AvgIpc) is 2.41. The van der Waals surface area contributed by atoms with Crippen LogP contribution in [0.2, 0.25) is 0 Å². The number of hydrogen-bond donors (Lipinski definition) is 0. The highest BCUT2D eigenvalue weighted by Crippen LogP contribution is 2.20. The normalized spacial score (nSPS) is 15.1. The van der Waals surface area contributed by atoms with Crippen molar-refractivity contribution in [3.63, 3.8) is 0 Å². The number of rotatable bonds is 3. The lowest BCUT2D eigenvalue weighted by Crippen LogP contribution is -2.44. The number of ether oxygens (including phenoxy) is 1. The summed E-state index contributed by atoms with van der Waals surface area (Å²) in [5.74, 6) is 0. The van der Waals surface area contributed by atoms with Crippen molar-refractivity contribution in [2.75, 3.05) is 51.3 Å². The van der Waals surface area contributed by atoms with E-state index in [2.05, 4.69) is 57.0 Å². The van der Waals surface area contributed by atoms with Gasteiger partial charge < -0.3 is 14.5 Å². The van der Waals surface area contributed by atoms with Gasteiger partial charge in [-0.15, -0.1) is 0 Å². The second kappa shape index (κ2) is 11.1. The SMILES string of the molecule is C.CCOCC.CN1CCN(c2cccc(Br)c2)CC1. The van der Waals surface area contributed by atoms with Gasteiger partial charge in [0.2, 0.25) is 0 Å². The molecule has 2 rings (SSSR count). The van der Waals surface area contributed by atoms with Gasteiger partial charge in [-0.25, -0.2) is 0 Å². The van der Waals surface area contributed by atoms with Crippen LogP contribution >= 0.6 is 15.9 Å². The van der Waals surface area contributed by atoms with Crippen LogP contribution in [0.4, 0.5) is 5.69 Å². The first-order chi connectivity index (χ1) is 9.17. The first-order valence-electron chi connectivity index (χ1n) is 6.94. The molecule has 3 nitrogen and oxygen atoms in total. The number of halogens is 1. The fraction of sp³-hybridized carbons (Fsp3) is 0.625. The maximum atomic E-state index is 4.83. The molecule has 4 heteroatoms.